The van der Waals surface area contributed by atoms with Crippen molar-refractivity contribution in [1.82, 2.24) is 21.3 Å². The van der Waals surface area contributed by atoms with E-state index in [9.17, 15) is 116 Å². The van der Waals surface area contributed by atoms with Crippen LogP contribution in [0.25, 0.3) is 10.4 Å². The molecule has 24 atom stereocenters. The zero-order chi connectivity index (χ0) is 81.4. The molecular weight excluding hydrogens is 1570 g/mol. The summed E-state index contributed by atoms with van der Waals surface area (Å²) in [4.78, 5) is 80.5. The summed E-state index contributed by atoms with van der Waals surface area (Å²) in [7, 11) is 0. The van der Waals surface area contributed by atoms with Gasteiger partial charge < -0.3 is 146 Å². The normalized spacial score (nSPS) is 30.1. The van der Waals surface area contributed by atoms with Crippen molar-refractivity contribution in [2.24, 2.45) is 5.11 Å². The molecular formula is C71H116IN7O31. The van der Waals surface area contributed by atoms with E-state index in [1.165, 1.54) is 56.7 Å². The number of phenols is 1. The molecule has 0 saturated carbocycles. The van der Waals surface area contributed by atoms with Crippen LogP contribution in [0.1, 0.15) is 185 Å². The Hall–Kier alpha value is -5.26. The largest absolute Gasteiger partial charge is 0.506 e. The summed E-state index contributed by atoms with van der Waals surface area (Å²) in [6.07, 6.45) is -19.3. The Morgan fingerprint density at radius 3 is 1.73 bits per heavy atom. The van der Waals surface area contributed by atoms with Crippen LogP contribution in [0.4, 0.5) is 5.69 Å². The molecule has 21 N–H and O–H groups in total. The number of phenolic OH excluding ortho intramolecular Hbond substituents is 1. The van der Waals surface area contributed by atoms with E-state index in [2.05, 4.69) is 38.2 Å². The Bertz CT molecular complexity index is 3080. The molecule has 39 heteroatoms. The highest BCUT2D eigenvalue weighted by Crippen LogP contribution is 2.41. The van der Waals surface area contributed by atoms with Gasteiger partial charge in [-0.05, 0) is 59.9 Å². The Labute approximate surface area is 650 Å². The fourth-order valence-corrected chi connectivity index (χ4v) is 14.3. The van der Waals surface area contributed by atoms with Crippen LogP contribution >= 0.6 is 22.6 Å². The van der Waals surface area contributed by atoms with Crippen molar-refractivity contribution in [2.75, 3.05) is 39.6 Å². The second-order valence-corrected chi connectivity index (χ2v) is 29.4. The van der Waals surface area contributed by atoms with Crippen LogP contribution in [0.3, 0.4) is 0 Å². The van der Waals surface area contributed by atoms with Gasteiger partial charge in [0.1, 0.15) is 91.2 Å². The maximum Gasteiger partial charge on any atom is 0.364 e. The van der Waals surface area contributed by atoms with Crippen molar-refractivity contribution in [1.29, 1.82) is 0 Å². The Morgan fingerprint density at radius 2 is 1.19 bits per heavy atom. The number of unbranched alkanes of at least 4 members (excludes halogenated alkanes) is 19. The summed E-state index contributed by atoms with van der Waals surface area (Å²) < 4.78 is 46.7. The fraction of sp³-hybridized carbons (Fsp3) is 0.803. The standard InChI is InChI=1S/C71H116IN7O31/c1-4-5-6-7-8-9-10-11-12-14-17-20-23-26-43(86)42(77-50(90)27-24-21-18-15-13-16-19-22-25-30-74-65(98)40-28-29-41(78-79-73)51(72)54(40)91)37-103-66-59(96)58(95)61(49(36-83)105-66)106-67-60(97)64(56(93)47(34-81)104-67)110-71(69(101)102)32-45(88)53(76-39(3)85)63(109-71)57(94)48(35-82)107-70(68(99)100)31-44(87)52(75-38(2)84)62(108-70)55(92)46(89)33-80/h23,26,28-29,42-49,52-53,55-64,66-67,80-83,86-89,91-97H,4-22,24-25,27,30-37H2,1-3H3,(H,74,98)(H,75,84)(H,76,85)(H,77,90)(H,99,100)(H,101,102)/b26-23+/t42?,43?,44-,45-,46+,47+,48+,49+,52+,53+,55+,56-,57+,58+,59+,60+,61+,62+,63+,64-,66+,67-,70-,71+/m0/s1/i72-2. The lowest BCUT2D eigenvalue weighted by atomic mass is 9.87. The van der Waals surface area contributed by atoms with Gasteiger partial charge in [-0.1, -0.05) is 139 Å². The van der Waals surface area contributed by atoms with Gasteiger partial charge in [0, 0.05) is 44.6 Å². The van der Waals surface area contributed by atoms with Crippen LogP contribution in [-0.4, -0.2) is 308 Å². The molecule has 0 spiro atoms. The number of aliphatic hydroxyl groups is 14. The number of rotatable bonds is 50. The van der Waals surface area contributed by atoms with Crippen molar-refractivity contribution in [3.63, 3.8) is 0 Å². The number of nitrogens with zero attached hydrogens (tertiary/aromatic N) is 3. The van der Waals surface area contributed by atoms with Crippen molar-refractivity contribution >= 4 is 63.8 Å². The number of azide groups is 1. The van der Waals surface area contributed by atoms with E-state index in [0.717, 1.165) is 90.9 Å². The highest BCUT2D eigenvalue weighted by molar-refractivity contribution is 14.1. The van der Waals surface area contributed by atoms with E-state index in [1.54, 1.807) is 28.7 Å². The molecule has 4 aliphatic rings. The van der Waals surface area contributed by atoms with Crippen LogP contribution in [0.2, 0.25) is 0 Å². The van der Waals surface area contributed by atoms with E-state index in [4.69, 9.17) is 43.4 Å². The van der Waals surface area contributed by atoms with Crippen LogP contribution in [0.5, 0.6) is 5.75 Å². The van der Waals surface area contributed by atoms with Crippen molar-refractivity contribution < 1.29 is 153 Å². The number of aliphatic hydroxyl groups excluding tert-OH is 14. The second-order valence-electron chi connectivity index (χ2n) is 28.4. The predicted octanol–water partition coefficient (Wildman–Crippen LogP) is -0.339. The number of aromatic hydroxyl groups is 1. The molecule has 4 aliphatic heterocycles. The van der Waals surface area contributed by atoms with Gasteiger partial charge in [-0.15, -0.1) is 0 Å². The first-order valence-electron chi connectivity index (χ1n) is 37.8. The first-order valence-corrected chi connectivity index (χ1v) is 38.8. The summed E-state index contributed by atoms with van der Waals surface area (Å²) in [6.45, 7) is -0.885. The van der Waals surface area contributed by atoms with Crippen LogP contribution in [0.15, 0.2) is 29.4 Å². The highest BCUT2D eigenvalue weighted by atomic mass is 125. The minimum absolute atomic E-state index is 0.0738. The van der Waals surface area contributed by atoms with Gasteiger partial charge in [0.2, 0.25) is 17.7 Å². The molecule has 38 nitrogen and oxygen atoms in total. The Morgan fingerprint density at radius 1 is 0.664 bits per heavy atom. The molecule has 0 bridgehead atoms. The molecule has 110 heavy (non-hydrogen) atoms. The number of ether oxygens (including phenoxy) is 8. The summed E-state index contributed by atoms with van der Waals surface area (Å²) in [6, 6.07) is -1.97. The highest BCUT2D eigenvalue weighted by Gasteiger charge is 2.62. The SMILES string of the molecule is CCCCCCCCCCCCC/C=C/C(O)C(CO[C@@H]1O[C@H](CO)[C@@H](O[C@@H]2O[C@H](CO)[C@H](O)[C@H](O[C@@]3(C(=O)O)C[C@H](O)[C@@H](NC(C)=O)[C@H]([C@H](O)[C@@H](CO)O[C@@]4(C(=O)O)C[C@H](O)[C@@H](NC(C)=O)[C@H]([C@H](O)[C@H](O)CO)O4)O3)[C@H]2O)[C@H](O)[C@H]1O)NC(=O)CCCCCCCCCCCNC(=O)c1ccc(N=[N+]=[N-])c([125I])c1O. The molecule has 4 fully saturated rings. The Balaban J connectivity index is 1.25. The first-order chi connectivity index (χ1) is 52.4. The number of allylic oxidation sites excluding steroid dienone is 1. The Kier molecular flexibility index (Phi) is 41.8. The van der Waals surface area contributed by atoms with E-state index >= 15 is 0 Å². The summed E-state index contributed by atoms with van der Waals surface area (Å²) in [5.41, 5.74) is 9.00. The van der Waals surface area contributed by atoms with Crippen molar-refractivity contribution in [3.8, 4) is 5.75 Å². The number of carboxylic acid groups (broad SMARTS) is 2. The molecule has 1 aromatic rings. The lowest BCUT2D eigenvalue weighted by Crippen LogP contribution is -2.72. The van der Waals surface area contributed by atoms with Gasteiger partial charge in [0.25, 0.3) is 17.5 Å². The monoisotopic (exact) mass is 1690 g/mol. The number of aliphatic carboxylic acids is 2. The van der Waals surface area contributed by atoms with Crippen molar-refractivity contribution in [2.45, 2.75) is 321 Å². The number of amides is 4. The number of nitrogens with one attached hydrogen (secondary N) is 4. The molecule has 1 aromatic carbocycles. The average Bonchev–Trinajstić information content (AvgIpc) is 0.752. The van der Waals surface area contributed by atoms with Crippen molar-refractivity contribution in [3.05, 3.63) is 43.9 Å². The van der Waals surface area contributed by atoms with E-state index in [-0.39, 0.29) is 27.0 Å². The average molecular weight is 1690 g/mol. The minimum atomic E-state index is -3.41. The molecule has 0 aliphatic carbocycles. The topological polar surface area (TPSA) is 617 Å². The number of carbonyl (C=O) groups is 6. The number of carbonyl (C=O) groups excluding carboxylic acids is 4. The molecule has 4 heterocycles. The first kappa shape index (κ1) is 95.3. The quantitative estimate of drug-likeness (QED) is 0.00991. The predicted molar refractivity (Wildman–Crippen MR) is 392 cm³/mol. The van der Waals surface area contributed by atoms with Gasteiger partial charge in [-0.25, -0.2) is 9.59 Å². The molecule has 4 saturated heterocycles. The summed E-state index contributed by atoms with van der Waals surface area (Å²) in [5, 5.41) is 202. The lowest BCUT2D eigenvalue weighted by molar-refractivity contribution is -0.388. The van der Waals surface area contributed by atoms with Crippen LogP contribution in [0, 0.1) is 3.57 Å². The zero-order valence-corrected chi connectivity index (χ0v) is 64.4. The van der Waals surface area contributed by atoms with Gasteiger partial charge in [-0.3, -0.25) is 19.2 Å². The van der Waals surface area contributed by atoms with E-state index < -0.39 is 227 Å². The maximum absolute atomic E-state index is 13.6. The number of benzene rings is 1. The van der Waals surface area contributed by atoms with Gasteiger partial charge >= 0.3 is 11.9 Å². The molecule has 5 rings (SSSR count). The second kappa shape index (κ2) is 48.2. The molecule has 4 amide bonds. The third-order valence-electron chi connectivity index (χ3n) is 19.8. The molecule has 2 unspecified atom stereocenters. The summed E-state index contributed by atoms with van der Waals surface area (Å²) in [5.74, 6) is -14.0. The number of carboxylic acids is 2. The lowest BCUT2D eigenvalue weighted by Gasteiger charge is -2.51. The summed E-state index contributed by atoms with van der Waals surface area (Å²) >= 11 is 1.80. The van der Waals surface area contributed by atoms with Gasteiger partial charge in [0.15, 0.2) is 12.6 Å². The van der Waals surface area contributed by atoms with E-state index in [1.807, 2.05) is 0 Å². The smallest absolute Gasteiger partial charge is 0.364 e. The maximum atomic E-state index is 13.6. The third kappa shape index (κ3) is 27.8. The van der Waals surface area contributed by atoms with Gasteiger partial charge in [0.05, 0.1) is 84.3 Å². The molecule has 628 valence electrons. The number of halogens is 1. The third-order valence-corrected chi connectivity index (χ3v) is 20.9. The minimum Gasteiger partial charge on any atom is -0.506 e. The zero-order valence-electron chi connectivity index (χ0n) is 62.3. The molecule has 0 aromatic heterocycles. The fourth-order valence-electron chi connectivity index (χ4n) is 13.7. The number of hydrogen-bond acceptors (Lipinski definition) is 30. The van der Waals surface area contributed by atoms with Crippen LogP contribution in [-0.2, 0) is 61.9 Å². The number of hydrogen-bond donors (Lipinski definition) is 21. The van der Waals surface area contributed by atoms with Gasteiger partial charge in [-0.2, -0.15) is 0 Å². The molecule has 0 radical (unpaired) electrons. The van der Waals surface area contributed by atoms with E-state index in [0.29, 0.717) is 25.8 Å². The van der Waals surface area contributed by atoms with Crippen LogP contribution < -0.4 is 21.3 Å².